The number of amides is 3. The molecule has 1 atom stereocenters. The highest BCUT2D eigenvalue weighted by Crippen LogP contribution is 2.26. The maximum Gasteiger partial charge on any atom is 0.242 e. The Labute approximate surface area is 148 Å². The number of nitrogens with zero attached hydrogens (tertiary/aromatic N) is 2. The molecule has 2 heterocycles. The lowest BCUT2D eigenvalue weighted by Gasteiger charge is -2.32. The summed E-state index contributed by atoms with van der Waals surface area (Å²) in [5, 5.41) is 2.84. The van der Waals surface area contributed by atoms with E-state index in [2.05, 4.69) is 5.32 Å². The molecule has 0 spiro atoms. The Morgan fingerprint density at radius 1 is 1.08 bits per heavy atom. The Hall–Kier alpha value is -2.37. The number of likely N-dealkylation sites (tertiary alicyclic amines) is 1. The Balaban J connectivity index is 1.77. The summed E-state index contributed by atoms with van der Waals surface area (Å²) in [7, 11) is 0. The van der Waals surface area contributed by atoms with Crippen molar-refractivity contribution in [1.29, 1.82) is 0 Å². The lowest BCUT2D eigenvalue weighted by molar-refractivity contribution is -0.141. The van der Waals surface area contributed by atoms with E-state index in [0.29, 0.717) is 26.1 Å². The van der Waals surface area contributed by atoms with Crippen molar-refractivity contribution in [2.24, 2.45) is 0 Å². The Morgan fingerprint density at radius 2 is 1.88 bits per heavy atom. The molecular formula is C19H25N3O3. The van der Waals surface area contributed by atoms with Gasteiger partial charge in [-0.3, -0.25) is 14.4 Å². The first-order valence-corrected chi connectivity index (χ1v) is 9.04. The largest absolute Gasteiger partial charge is 0.354 e. The molecule has 3 amide bonds. The smallest absolute Gasteiger partial charge is 0.242 e. The molecule has 1 N–H and O–H groups in total. The van der Waals surface area contributed by atoms with Crippen LogP contribution in [-0.4, -0.2) is 53.7 Å². The molecule has 0 saturated carbocycles. The van der Waals surface area contributed by atoms with Gasteiger partial charge in [0.25, 0.3) is 0 Å². The van der Waals surface area contributed by atoms with E-state index in [0.717, 1.165) is 24.8 Å². The number of benzene rings is 1. The van der Waals surface area contributed by atoms with Crippen LogP contribution in [0, 0.1) is 0 Å². The molecule has 3 rings (SSSR count). The average molecular weight is 343 g/mol. The zero-order valence-corrected chi connectivity index (χ0v) is 14.4. The first kappa shape index (κ1) is 17.5. The molecule has 134 valence electrons. The van der Waals surface area contributed by atoms with Crippen LogP contribution in [-0.2, 0) is 14.4 Å². The van der Waals surface area contributed by atoms with Gasteiger partial charge >= 0.3 is 0 Å². The van der Waals surface area contributed by atoms with Crippen molar-refractivity contribution in [3.63, 3.8) is 0 Å². The van der Waals surface area contributed by atoms with Gasteiger partial charge in [0.2, 0.25) is 17.7 Å². The average Bonchev–Trinajstić information content (AvgIpc) is 2.94. The first-order valence-electron chi connectivity index (χ1n) is 9.04. The van der Waals surface area contributed by atoms with Crippen LogP contribution in [0.15, 0.2) is 30.3 Å². The Kier molecular flexibility index (Phi) is 5.68. The number of nitrogens with one attached hydrogen (secondary N) is 1. The molecule has 2 aliphatic heterocycles. The topological polar surface area (TPSA) is 69.7 Å². The second-order valence-electron chi connectivity index (χ2n) is 6.69. The number of carbonyl (C=O) groups is 3. The van der Waals surface area contributed by atoms with Gasteiger partial charge < -0.3 is 15.1 Å². The second-order valence-corrected chi connectivity index (χ2v) is 6.69. The minimum absolute atomic E-state index is 0.0463. The number of rotatable bonds is 3. The van der Waals surface area contributed by atoms with Crippen LogP contribution in [0.4, 0.5) is 0 Å². The highest BCUT2D eigenvalue weighted by atomic mass is 16.2. The molecule has 2 aliphatic rings. The quantitative estimate of drug-likeness (QED) is 0.904. The molecule has 1 unspecified atom stereocenters. The summed E-state index contributed by atoms with van der Waals surface area (Å²) in [5.41, 5.74) is 0.954. The lowest BCUT2D eigenvalue weighted by atomic mass is 10.0. The van der Waals surface area contributed by atoms with Crippen molar-refractivity contribution < 1.29 is 14.4 Å². The van der Waals surface area contributed by atoms with Gasteiger partial charge in [-0.2, -0.15) is 0 Å². The van der Waals surface area contributed by atoms with Gasteiger partial charge in [-0.1, -0.05) is 36.8 Å². The highest BCUT2D eigenvalue weighted by molar-refractivity contribution is 5.86. The molecule has 6 heteroatoms. The minimum atomic E-state index is -0.279. The highest BCUT2D eigenvalue weighted by Gasteiger charge is 2.31. The summed E-state index contributed by atoms with van der Waals surface area (Å²) in [6.45, 7) is 1.66. The van der Waals surface area contributed by atoms with Gasteiger partial charge in [0.05, 0.1) is 19.0 Å². The fourth-order valence-corrected chi connectivity index (χ4v) is 3.56. The number of hydrogen-bond acceptors (Lipinski definition) is 3. The van der Waals surface area contributed by atoms with Crippen molar-refractivity contribution in [1.82, 2.24) is 15.1 Å². The summed E-state index contributed by atoms with van der Waals surface area (Å²) in [4.78, 5) is 40.6. The van der Waals surface area contributed by atoms with Crippen LogP contribution in [0.25, 0.3) is 0 Å². The van der Waals surface area contributed by atoms with E-state index in [4.69, 9.17) is 0 Å². The van der Waals surface area contributed by atoms with E-state index in [9.17, 15) is 14.4 Å². The van der Waals surface area contributed by atoms with Gasteiger partial charge in [-0.25, -0.2) is 0 Å². The Morgan fingerprint density at radius 3 is 2.68 bits per heavy atom. The summed E-state index contributed by atoms with van der Waals surface area (Å²) in [5.74, 6) is -0.0678. The third kappa shape index (κ3) is 4.38. The van der Waals surface area contributed by atoms with Crippen molar-refractivity contribution in [2.45, 2.75) is 38.1 Å². The molecule has 0 aliphatic carbocycles. The van der Waals surface area contributed by atoms with Crippen molar-refractivity contribution in [3.8, 4) is 0 Å². The molecule has 0 bridgehead atoms. The third-order valence-electron chi connectivity index (χ3n) is 4.93. The molecule has 25 heavy (non-hydrogen) atoms. The predicted octanol–water partition coefficient (Wildman–Crippen LogP) is 1.48. The zero-order valence-electron chi connectivity index (χ0n) is 14.4. The van der Waals surface area contributed by atoms with Gasteiger partial charge in [0.1, 0.15) is 0 Å². The molecule has 1 aromatic carbocycles. The number of carbonyl (C=O) groups excluding carboxylic acids is 3. The minimum Gasteiger partial charge on any atom is -0.354 e. The van der Waals surface area contributed by atoms with E-state index < -0.39 is 0 Å². The lowest BCUT2D eigenvalue weighted by Crippen LogP contribution is -2.45. The standard InChI is InChI=1S/C19H25N3O3/c23-17-13-16(15-7-3-1-4-8-15)22(12-10-20-17)19(25)14-21-11-6-2-5-9-18(21)24/h1,3-4,7-8,16H,2,5-6,9-14H2,(H,20,23). The summed E-state index contributed by atoms with van der Waals surface area (Å²) < 4.78 is 0. The molecular weight excluding hydrogens is 318 g/mol. The molecule has 2 saturated heterocycles. The van der Waals surface area contributed by atoms with Crippen LogP contribution in [0.5, 0.6) is 0 Å². The zero-order chi connectivity index (χ0) is 17.6. The van der Waals surface area contributed by atoms with E-state index in [1.54, 1.807) is 9.80 Å². The maximum atomic E-state index is 13.0. The fourth-order valence-electron chi connectivity index (χ4n) is 3.56. The molecule has 2 fully saturated rings. The Bertz CT molecular complexity index is 632. The fraction of sp³-hybridized carbons (Fsp3) is 0.526. The van der Waals surface area contributed by atoms with E-state index in [1.807, 2.05) is 30.3 Å². The van der Waals surface area contributed by atoms with Crippen molar-refractivity contribution in [2.75, 3.05) is 26.2 Å². The van der Waals surface area contributed by atoms with Gasteiger partial charge in [0.15, 0.2) is 0 Å². The van der Waals surface area contributed by atoms with E-state index in [-0.39, 0.29) is 36.7 Å². The summed E-state index contributed by atoms with van der Waals surface area (Å²) >= 11 is 0. The summed E-state index contributed by atoms with van der Waals surface area (Å²) in [6, 6.07) is 9.36. The first-order chi connectivity index (χ1) is 12.1. The van der Waals surface area contributed by atoms with Crippen LogP contribution in [0.1, 0.15) is 43.7 Å². The van der Waals surface area contributed by atoms with Crippen LogP contribution >= 0.6 is 0 Å². The molecule has 0 aromatic heterocycles. The van der Waals surface area contributed by atoms with E-state index >= 15 is 0 Å². The third-order valence-corrected chi connectivity index (χ3v) is 4.93. The van der Waals surface area contributed by atoms with Gasteiger partial charge in [-0.05, 0) is 18.4 Å². The predicted molar refractivity (Wildman–Crippen MR) is 93.6 cm³/mol. The molecule has 1 aromatic rings. The number of hydrogen-bond donors (Lipinski definition) is 1. The van der Waals surface area contributed by atoms with Crippen LogP contribution in [0.3, 0.4) is 0 Å². The maximum absolute atomic E-state index is 13.0. The summed E-state index contributed by atoms with van der Waals surface area (Å²) in [6.07, 6.45) is 3.66. The molecule has 0 radical (unpaired) electrons. The second kappa shape index (κ2) is 8.14. The van der Waals surface area contributed by atoms with Crippen molar-refractivity contribution in [3.05, 3.63) is 35.9 Å². The van der Waals surface area contributed by atoms with Gasteiger partial charge in [0, 0.05) is 26.1 Å². The SMILES string of the molecule is O=C1CC(c2ccccc2)N(C(=O)CN2CCCCCC2=O)CCN1. The van der Waals surface area contributed by atoms with Crippen molar-refractivity contribution >= 4 is 17.7 Å². The van der Waals surface area contributed by atoms with Crippen LogP contribution < -0.4 is 5.32 Å². The van der Waals surface area contributed by atoms with Gasteiger partial charge in [-0.15, -0.1) is 0 Å². The van der Waals surface area contributed by atoms with E-state index in [1.165, 1.54) is 0 Å². The normalized spacial score (nSPS) is 22.2. The molecule has 6 nitrogen and oxygen atoms in total. The monoisotopic (exact) mass is 343 g/mol. The van der Waals surface area contributed by atoms with Crippen LogP contribution in [0.2, 0.25) is 0 Å².